The number of nitrogens with one attached hydrogen (secondary N) is 1. The number of ether oxygens (including phenoxy) is 1. The molecule has 1 N–H and O–H groups in total. The molecule has 4 nitrogen and oxygen atoms in total. The number of hydrogen-bond donors (Lipinski definition) is 1. The second-order valence-electron chi connectivity index (χ2n) is 3.21. The number of hydrogen-bond acceptors (Lipinski definition) is 4. The summed E-state index contributed by atoms with van der Waals surface area (Å²) in [7, 11) is 0. The third kappa shape index (κ3) is 2.15. The highest BCUT2D eigenvalue weighted by molar-refractivity contribution is 7.99. The van der Waals surface area contributed by atoms with Crippen molar-refractivity contribution >= 4 is 17.7 Å². The fourth-order valence-corrected chi connectivity index (χ4v) is 2.49. The number of morpholine rings is 1. The Morgan fingerprint density at radius 2 is 2.23 bits per heavy atom. The Hall–Kier alpha value is -0.260. The van der Waals surface area contributed by atoms with E-state index in [9.17, 15) is 4.79 Å². The van der Waals surface area contributed by atoms with E-state index in [4.69, 9.17) is 4.74 Å². The molecule has 0 aromatic rings. The van der Waals surface area contributed by atoms with Crippen molar-refractivity contribution in [1.29, 1.82) is 0 Å². The quantitative estimate of drug-likeness (QED) is 0.623. The largest absolute Gasteiger partial charge is 0.378 e. The maximum Gasteiger partial charge on any atom is 0.240 e. The van der Waals surface area contributed by atoms with Crippen LogP contribution >= 0.6 is 11.8 Å². The molecule has 2 aliphatic rings. The van der Waals surface area contributed by atoms with Gasteiger partial charge >= 0.3 is 0 Å². The number of rotatable bonds is 1. The van der Waals surface area contributed by atoms with Gasteiger partial charge in [-0.1, -0.05) is 0 Å². The summed E-state index contributed by atoms with van der Waals surface area (Å²) in [6.07, 6.45) is 0. The highest BCUT2D eigenvalue weighted by atomic mass is 32.2. The molecule has 1 unspecified atom stereocenters. The molecule has 1 amide bonds. The molecule has 0 aromatic carbocycles. The van der Waals surface area contributed by atoms with E-state index in [1.165, 1.54) is 0 Å². The molecular formula is C8H14N2O2S. The average Bonchev–Trinajstić information content (AvgIpc) is 2.71. The summed E-state index contributed by atoms with van der Waals surface area (Å²) in [5.41, 5.74) is 0. The van der Waals surface area contributed by atoms with Gasteiger partial charge in [0.15, 0.2) is 0 Å². The van der Waals surface area contributed by atoms with Crippen LogP contribution in [-0.2, 0) is 9.53 Å². The Morgan fingerprint density at radius 3 is 2.85 bits per heavy atom. The van der Waals surface area contributed by atoms with E-state index in [2.05, 4.69) is 5.32 Å². The molecule has 0 spiro atoms. The van der Waals surface area contributed by atoms with Crippen molar-refractivity contribution in [2.75, 3.05) is 37.9 Å². The van der Waals surface area contributed by atoms with Crippen molar-refractivity contribution in [3.63, 3.8) is 0 Å². The first-order valence-electron chi connectivity index (χ1n) is 4.55. The third-order valence-corrected chi connectivity index (χ3v) is 3.28. The van der Waals surface area contributed by atoms with Crippen LogP contribution in [0.2, 0.25) is 0 Å². The molecule has 2 heterocycles. The lowest BCUT2D eigenvalue weighted by atomic mass is 10.2. The van der Waals surface area contributed by atoms with E-state index in [0.29, 0.717) is 13.2 Å². The summed E-state index contributed by atoms with van der Waals surface area (Å²) in [6, 6.07) is 0.0445. The molecule has 0 aromatic heterocycles. The van der Waals surface area contributed by atoms with Gasteiger partial charge in [-0.05, 0) is 0 Å². The van der Waals surface area contributed by atoms with E-state index >= 15 is 0 Å². The maximum absolute atomic E-state index is 11.8. The molecule has 0 radical (unpaired) electrons. The summed E-state index contributed by atoms with van der Waals surface area (Å²) < 4.78 is 5.19. The predicted molar refractivity (Wildman–Crippen MR) is 51.6 cm³/mol. The molecule has 2 rings (SSSR count). The van der Waals surface area contributed by atoms with Crippen molar-refractivity contribution in [3.8, 4) is 0 Å². The lowest BCUT2D eigenvalue weighted by Gasteiger charge is -2.28. The monoisotopic (exact) mass is 202 g/mol. The second kappa shape index (κ2) is 4.30. The molecule has 1 atom stereocenters. The maximum atomic E-state index is 11.8. The number of thioether (sulfide) groups is 1. The third-order valence-electron chi connectivity index (χ3n) is 2.34. The van der Waals surface area contributed by atoms with Gasteiger partial charge in [0.2, 0.25) is 5.91 Å². The lowest BCUT2D eigenvalue weighted by molar-refractivity contribution is -0.136. The Labute approximate surface area is 82.0 Å². The summed E-state index contributed by atoms with van der Waals surface area (Å²) in [5, 5.41) is 3.18. The molecule has 2 aliphatic heterocycles. The number of carbonyl (C=O) groups excluding carboxylic acids is 1. The van der Waals surface area contributed by atoms with Gasteiger partial charge in [-0.3, -0.25) is 10.1 Å². The molecule has 2 saturated heterocycles. The normalized spacial score (nSPS) is 29.2. The predicted octanol–water partition coefficient (Wildman–Crippen LogP) is -0.492. The van der Waals surface area contributed by atoms with Gasteiger partial charge in [0.05, 0.1) is 19.3 Å². The van der Waals surface area contributed by atoms with Crippen LogP contribution in [-0.4, -0.2) is 54.8 Å². The Kier molecular flexibility index (Phi) is 3.08. The van der Waals surface area contributed by atoms with Crippen LogP contribution < -0.4 is 5.32 Å². The topological polar surface area (TPSA) is 41.6 Å². The standard InChI is InChI=1S/C8H14N2O2S/c11-8(7-5-13-6-9-7)10-1-3-12-4-2-10/h7,9H,1-6H2. The molecular weight excluding hydrogens is 188 g/mol. The smallest absolute Gasteiger partial charge is 0.240 e. The van der Waals surface area contributed by atoms with Gasteiger partial charge in [-0.15, -0.1) is 11.8 Å². The summed E-state index contributed by atoms with van der Waals surface area (Å²) in [5.74, 6) is 2.06. The molecule has 5 heteroatoms. The lowest BCUT2D eigenvalue weighted by Crippen LogP contribution is -2.49. The Balaban J connectivity index is 1.87. The highest BCUT2D eigenvalue weighted by Crippen LogP contribution is 2.12. The van der Waals surface area contributed by atoms with Gasteiger partial charge < -0.3 is 9.64 Å². The Morgan fingerprint density at radius 1 is 1.46 bits per heavy atom. The van der Waals surface area contributed by atoms with Crippen LogP contribution in [0.3, 0.4) is 0 Å². The van der Waals surface area contributed by atoms with E-state index in [-0.39, 0.29) is 11.9 Å². The molecule has 13 heavy (non-hydrogen) atoms. The van der Waals surface area contributed by atoms with Gasteiger partial charge in [0.1, 0.15) is 0 Å². The van der Waals surface area contributed by atoms with Gasteiger partial charge in [-0.2, -0.15) is 0 Å². The molecule has 0 saturated carbocycles. The zero-order chi connectivity index (χ0) is 9.10. The molecule has 0 aliphatic carbocycles. The molecule has 74 valence electrons. The minimum Gasteiger partial charge on any atom is -0.378 e. The van der Waals surface area contributed by atoms with Crippen molar-refractivity contribution in [2.24, 2.45) is 0 Å². The first-order valence-corrected chi connectivity index (χ1v) is 5.71. The molecule has 2 fully saturated rings. The van der Waals surface area contributed by atoms with E-state index in [1.807, 2.05) is 4.90 Å². The van der Waals surface area contributed by atoms with Crippen LogP contribution in [0.5, 0.6) is 0 Å². The summed E-state index contributed by atoms with van der Waals surface area (Å²) >= 11 is 1.78. The number of carbonyl (C=O) groups is 1. The fraction of sp³-hybridized carbons (Fsp3) is 0.875. The van der Waals surface area contributed by atoms with E-state index in [1.54, 1.807) is 11.8 Å². The van der Waals surface area contributed by atoms with Crippen molar-refractivity contribution in [3.05, 3.63) is 0 Å². The van der Waals surface area contributed by atoms with Crippen molar-refractivity contribution in [2.45, 2.75) is 6.04 Å². The van der Waals surface area contributed by atoms with Crippen LogP contribution in [0.4, 0.5) is 0 Å². The van der Waals surface area contributed by atoms with Crippen molar-refractivity contribution in [1.82, 2.24) is 10.2 Å². The second-order valence-corrected chi connectivity index (χ2v) is 4.24. The zero-order valence-corrected chi connectivity index (χ0v) is 8.31. The summed E-state index contributed by atoms with van der Waals surface area (Å²) in [6.45, 7) is 2.88. The van der Waals surface area contributed by atoms with E-state index < -0.39 is 0 Å². The number of nitrogens with zero attached hydrogens (tertiary/aromatic N) is 1. The highest BCUT2D eigenvalue weighted by Gasteiger charge is 2.27. The van der Waals surface area contributed by atoms with Crippen LogP contribution in [0.25, 0.3) is 0 Å². The van der Waals surface area contributed by atoms with Gasteiger partial charge in [0.25, 0.3) is 0 Å². The minimum atomic E-state index is 0.0445. The summed E-state index contributed by atoms with van der Waals surface area (Å²) in [4.78, 5) is 13.7. The fourth-order valence-electron chi connectivity index (χ4n) is 1.56. The van der Waals surface area contributed by atoms with Crippen LogP contribution in [0.1, 0.15) is 0 Å². The molecule has 0 bridgehead atoms. The SMILES string of the molecule is O=C(C1CSCN1)N1CCOCC1. The number of amides is 1. The van der Waals surface area contributed by atoms with Crippen molar-refractivity contribution < 1.29 is 9.53 Å². The average molecular weight is 202 g/mol. The minimum absolute atomic E-state index is 0.0445. The zero-order valence-electron chi connectivity index (χ0n) is 7.49. The first kappa shape index (κ1) is 9.30. The Bertz CT molecular complexity index is 189. The van der Waals surface area contributed by atoms with Crippen LogP contribution in [0.15, 0.2) is 0 Å². The first-order chi connectivity index (χ1) is 6.38. The van der Waals surface area contributed by atoms with Gasteiger partial charge in [0, 0.05) is 24.7 Å². The van der Waals surface area contributed by atoms with Gasteiger partial charge in [-0.25, -0.2) is 0 Å². The van der Waals surface area contributed by atoms with Crippen LogP contribution in [0, 0.1) is 0 Å². The van der Waals surface area contributed by atoms with E-state index in [0.717, 1.165) is 24.7 Å².